The van der Waals surface area contributed by atoms with Crippen molar-refractivity contribution in [2.75, 3.05) is 6.61 Å². The lowest BCUT2D eigenvalue weighted by Crippen LogP contribution is -2.44. The zero-order valence-corrected chi connectivity index (χ0v) is 14.0. The van der Waals surface area contributed by atoms with E-state index >= 15 is 0 Å². The molecule has 1 aromatic carbocycles. The SMILES string of the molecule is Cc1cc(Br)cc(Br)c1OCC(=O)NNC(=O)C1CC1. The maximum atomic E-state index is 11.6. The van der Waals surface area contributed by atoms with Gasteiger partial charge in [0.25, 0.3) is 5.91 Å². The molecule has 1 fully saturated rings. The number of halogens is 2. The Hall–Kier alpha value is -1.08. The molecule has 1 aliphatic carbocycles. The fourth-order valence-corrected chi connectivity index (χ4v) is 3.18. The van der Waals surface area contributed by atoms with Crippen molar-refractivity contribution in [3.8, 4) is 5.75 Å². The van der Waals surface area contributed by atoms with Crippen LogP contribution in [0.3, 0.4) is 0 Å². The van der Waals surface area contributed by atoms with Crippen LogP contribution >= 0.6 is 31.9 Å². The summed E-state index contributed by atoms with van der Waals surface area (Å²) in [6, 6.07) is 3.74. The van der Waals surface area contributed by atoms with Gasteiger partial charge in [-0.3, -0.25) is 20.4 Å². The zero-order chi connectivity index (χ0) is 14.7. The van der Waals surface area contributed by atoms with Gasteiger partial charge in [-0.05, 0) is 53.4 Å². The van der Waals surface area contributed by atoms with Crippen molar-refractivity contribution >= 4 is 43.7 Å². The number of rotatable bonds is 4. The molecule has 0 aromatic heterocycles. The van der Waals surface area contributed by atoms with Gasteiger partial charge >= 0.3 is 0 Å². The van der Waals surface area contributed by atoms with Crippen molar-refractivity contribution in [1.29, 1.82) is 0 Å². The Morgan fingerprint density at radius 2 is 2.00 bits per heavy atom. The van der Waals surface area contributed by atoms with Crippen molar-refractivity contribution in [2.24, 2.45) is 5.92 Å². The van der Waals surface area contributed by atoms with Crippen molar-refractivity contribution in [3.63, 3.8) is 0 Å². The second-order valence-corrected chi connectivity index (χ2v) is 6.40. The van der Waals surface area contributed by atoms with Crippen molar-refractivity contribution in [1.82, 2.24) is 10.9 Å². The first-order valence-corrected chi connectivity index (χ1v) is 7.73. The number of carbonyl (C=O) groups excluding carboxylic acids is 2. The summed E-state index contributed by atoms with van der Waals surface area (Å²) < 4.78 is 7.15. The molecule has 2 N–H and O–H groups in total. The van der Waals surface area contributed by atoms with Gasteiger partial charge < -0.3 is 4.74 Å². The summed E-state index contributed by atoms with van der Waals surface area (Å²) in [6.45, 7) is 1.73. The molecule has 0 aliphatic heterocycles. The van der Waals surface area contributed by atoms with Gasteiger partial charge in [0.05, 0.1) is 4.47 Å². The summed E-state index contributed by atoms with van der Waals surface area (Å²) in [5.41, 5.74) is 5.62. The molecule has 0 saturated heterocycles. The summed E-state index contributed by atoms with van der Waals surface area (Å²) in [4.78, 5) is 22.9. The molecule has 7 heteroatoms. The highest BCUT2D eigenvalue weighted by Crippen LogP contribution is 2.32. The molecule has 0 spiro atoms. The largest absolute Gasteiger partial charge is 0.482 e. The van der Waals surface area contributed by atoms with Crippen LogP contribution in [0.25, 0.3) is 0 Å². The van der Waals surface area contributed by atoms with E-state index in [2.05, 4.69) is 42.7 Å². The van der Waals surface area contributed by atoms with Crippen molar-refractivity contribution in [3.05, 3.63) is 26.6 Å². The monoisotopic (exact) mass is 404 g/mol. The van der Waals surface area contributed by atoms with Crippen LogP contribution in [0.5, 0.6) is 5.75 Å². The number of ether oxygens (including phenoxy) is 1. The predicted octanol–water partition coefficient (Wildman–Crippen LogP) is 2.46. The number of benzene rings is 1. The van der Waals surface area contributed by atoms with E-state index in [0.29, 0.717) is 5.75 Å². The summed E-state index contributed by atoms with van der Waals surface area (Å²) in [7, 11) is 0. The molecule has 0 unspecified atom stereocenters. The van der Waals surface area contributed by atoms with E-state index in [1.807, 2.05) is 19.1 Å². The zero-order valence-electron chi connectivity index (χ0n) is 10.8. The second kappa shape index (κ2) is 6.58. The maximum Gasteiger partial charge on any atom is 0.276 e. The Labute approximate surface area is 133 Å². The molecule has 0 radical (unpaired) electrons. The second-order valence-electron chi connectivity index (χ2n) is 4.63. The van der Waals surface area contributed by atoms with Crippen LogP contribution < -0.4 is 15.6 Å². The Morgan fingerprint density at radius 3 is 2.60 bits per heavy atom. The van der Waals surface area contributed by atoms with E-state index in [4.69, 9.17) is 4.74 Å². The average Bonchev–Trinajstić information content (AvgIpc) is 3.18. The van der Waals surface area contributed by atoms with Crippen LogP contribution in [0.1, 0.15) is 18.4 Å². The number of hydrazine groups is 1. The van der Waals surface area contributed by atoms with Gasteiger partial charge in [-0.15, -0.1) is 0 Å². The third kappa shape index (κ3) is 4.21. The molecule has 108 valence electrons. The lowest BCUT2D eigenvalue weighted by atomic mass is 10.2. The van der Waals surface area contributed by atoms with Crippen LogP contribution in [0.4, 0.5) is 0 Å². The third-order valence-electron chi connectivity index (χ3n) is 2.81. The van der Waals surface area contributed by atoms with Gasteiger partial charge in [0.1, 0.15) is 5.75 Å². The van der Waals surface area contributed by atoms with Gasteiger partial charge in [0.15, 0.2) is 6.61 Å². The van der Waals surface area contributed by atoms with E-state index in [1.54, 1.807) is 0 Å². The molecule has 2 amide bonds. The molecule has 0 atom stereocenters. The molecule has 2 rings (SSSR count). The molecular weight excluding hydrogens is 392 g/mol. The molecule has 1 aliphatic rings. The minimum Gasteiger partial charge on any atom is -0.482 e. The molecule has 0 bridgehead atoms. The van der Waals surface area contributed by atoms with Gasteiger partial charge in [-0.2, -0.15) is 0 Å². The van der Waals surface area contributed by atoms with Crippen molar-refractivity contribution < 1.29 is 14.3 Å². The first-order valence-electron chi connectivity index (χ1n) is 6.14. The van der Waals surface area contributed by atoms with E-state index in [1.165, 1.54) is 0 Å². The highest BCUT2D eigenvalue weighted by atomic mass is 79.9. The molecule has 1 saturated carbocycles. The number of hydrogen-bond donors (Lipinski definition) is 2. The van der Waals surface area contributed by atoms with Crippen LogP contribution in [0.2, 0.25) is 0 Å². The molecule has 5 nitrogen and oxygen atoms in total. The average molecular weight is 406 g/mol. The molecule has 0 heterocycles. The standard InChI is InChI=1S/C13H14Br2N2O3/c1-7-4-9(14)5-10(15)12(7)20-6-11(18)16-17-13(19)8-2-3-8/h4-5,8H,2-3,6H2,1H3,(H,16,18)(H,17,19). The Kier molecular flexibility index (Phi) is 5.04. The lowest BCUT2D eigenvalue weighted by molar-refractivity contribution is -0.130. The summed E-state index contributed by atoms with van der Waals surface area (Å²) in [5.74, 6) is 0.128. The van der Waals surface area contributed by atoms with Gasteiger partial charge in [-0.25, -0.2) is 0 Å². The van der Waals surface area contributed by atoms with E-state index in [9.17, 15) is 9.59 Å². The highest BCUT2D eigenvalue weighted by molar-refractivity contribution is 9.11. The van der Waals surface area contributed by atoms with Gasteiger partial charge in [0.2, 0.25) is 5.91 Å². The minimum absolute atomic E-state index is 0.0547. The number of aryl methyl sites for hydroxylation is 1. The van der Waals surface area contributed by atoms with Gasteiger partial charge in [-0.1, -0.05) is 15.9 Å². The third-order valence-corrected chi connectivity index (χ3v) is 3.86. The number of carbonyl (C=O) groups is 2. The lowest BCUT2D eigenvalue weighted by Gasteiger charge is -2.12. The number of amides is 2. The Bertz CT molecular complexity index is 521. The first kappa shape index (κ1) is 15.3. The van der Waals surface area contributed by atoms with Crippen LogP contribution in [0.15, 0.2) is 21.1 Å². The summed E-state index contributed by atoms with van der Waals surface area (Å²) >= 11 is 6.76. The van der Waals surface area contributed by atoms with E-state index in [-0.39, 0.29) is 18.4 Å². The maximum absolute atomic E-state index is 11.6. The summed E-state index contributed by atoms with van der Waals surface area (Å²) in [5, 5.41) is 0. The molecule has 1 aromatic rings. The smallest absolute Gasteiger partial charge is 0.276 e. The van der Waals surface area contributed by atoms with Crippen LogP contribution in [-0.4, -0.2) is 18.4 Å². The predicted molar refractivity (Wildman–Crippen MR) is 81.1 cm³/mol. The van der Waals surface area contributed by atoms with E-state index in [0.717, 1.165) is 27.4 Å². The summed E-state index contributed by atoms with van der Waals surface area (Å²) in [6.07, 6.45) is 1.78. The quantitative estimate of drug-likeness (QED) is 0.756. The van der Waals surface area contributed by atoms with Crippen molar-refractivity contribution in [2.45, 2.75) is 19.8 Å². The first-order chi connectivity index (χ1) is 9.47. The fraction of sp³-hybridized carbons (Fsp3) is 0.385. The normalized spacial score (nSPS) is 13.8. The Balaban J connectivity index is 1.82. The molecular formula is C13H14Br2N2O3. The van der Waals surface area contributed by atoms with Crippen LogP contribution in [0, 0.1) is 12.8 Å². The van der Waals surface area contributed by atoms with Crippen LogP contribution in [-0.2, 0) is 9.59 Å². The van der Waals surface area contributed by atoms with Gasteiger partial charge in [0, 0.05) is 10.4 Å². The van der Waals surface area contributed by atoms with E-state index < -0.39 is 5.91 Å². The topological polar surface area (TPSA) is 67.4 Å². The highest BCUT2D eigenvalue weighted by Gasteiger charge is 2.29. The minimum atomic E-state index is -0.395. The number of hydrogen-bond acceptors (Lipinski definition) is 3. The number of nitrogens with one attached hydrogen (secondary N) is 2. The Morgan fingerprint density at radius 1 is 1.30 bits per heavy atom. The molecule has 20 heavy (non-hydrogen) atoms. The fourth-order valence-electron chi connectivity index (χ4n) is 1.62.